The Morgan fingerprint density at radius 2 is 1.40 bits per heavy atom. The molecule has 3 heteroatoms. The largest absolute Gasteiger partial charge is 0.521 e. The molecular weight excluding hydrogens is 205 g/mol. The second-order valence-corrected chi connectivity index (χ2v) is 1.86. The molecule has 0 unspecified atom stereocenters. The average molecular weight is 212 g/mol. The fourth-order valence-electron chi connectivity index (χ4n) is 0.656. The third-order valence-electron chi connectivity index (χ3n) is 0.962. The van der Waals surface area contributed by atoms with Gasteiger partial charge in [-0.3, -0.25) is 0 Å². The van der Waals surface area contributed by atoms with Gasteiger partial charge < -0.3 is 10.2 Å². The Balaban J connectivity index is 0.000000810. The molecule has 0 atom stereocenters. The van der Waals surface area contributed by atoms with Gasteiger partial charge in [0.25, 0.3) is 0 Å². The summed E-state index contributed by atoms with van der Waals surface area (Å²) >= 11 is 0. The first-order valence-electron chi connectivity index (χ1n) is 2.53. The Kier molecular flexibility index (Phi) is 3.76. The van der Waals surface area contributed by atoms with Crippen LogP contribution in [-0.2, 0) is 32.7 Å². The van der Waals surface area contributed by atoms with Crippen LogP contribution in [0.3, 0.4) is 0 Å². The minimum atomic E-state index is 0. The van der Waals surface area contributed by atoms with Crippen LogP contribution in [0.1, 0.15) is 5.56 Å². The summed E-state index contributed by atoms with van der Waals surface area (Å²) in [5.41, 5.74) is 0.604. The fourth-order valence-corrected chi connectivity index (χ4v) is 0.656. The van der Waals surface area contributed by atoms with Crippen LogP contribution in [0.5, 0.6) is 11.5 Å². The predicted molar refractivity (Wildman–Crippen MR) is 34.2 cm³/mol. The zero-order chi connectivity index (χ0) is 6.85. The Morgan fingerprint density at radius 1 is 1.00 bits per heavy atom. The summed E-state index contributed by atoms with van der Waals surface area (Å²) in [6, 6.07) is 4.20. The molecule has 0 amide bonds. The molecular formula is C7H7O2Y-. The van der Waals surface area contributed by atoms with Crippen molar-refractivity contribution in [2.24, 2.45) is 0 Å². The summed E-state index contributed by atoms with van der Waals surface area (Å²) in [6.45, 7) is 3.52. The van der Waals surface area contributed by atoms with Crippen LogP contribution in [0.2, 0.25) is 0 Å². The van der Waals surface area contributed by atoms with Crippen LogP contribution in [0, 0.1) is 6.92 Å². The van der Waals surface area contributed by atoms with Crippen molar-refractivity contribution in [2.45, 2.75) is 0 Å². The van der Waals surface area contributed by atoms with E-state index in [1.165, 1.54) is 18.2 Å². The first-order valence-corrected chi connectivity index (χ1v) is 2.53. The molecule has 1 aromatic carbocycles. The molecule has 0 aliphatic carbocycles. The van der Waals surface area contributed by atoms with Gasteiger partial charge in [-0.1, -0.05) is 0 Å². The second kappa shape index (κ2) is 3.84. The molecule has 0 fully saturated rings. The van der Waals surface area contributed by atoms with Crippen molar-refractivity contribution in [3.8, 4) is 11.5 Å². The molecule has 51 valence electrons. The van der Waals surface area contributed by atoms with E-state index < -0.39 is 0 Å². The van der Waals surface area contributed by atoms with Gasteiger partial charge in [0.2, 0.25) is 0 Å². The van der Waals surface area contributed by atoms with Gasteiger partial charge in [0.15, 0.2) is 0 Å². The summed E-state index contributed by atoms with van der Waals surface area (Å²) in [5.74, 6) is 0.0833. The third kappa shape index (κ3) is 2.59. The standard InChI is InChI=1S/C7H7O2.Y/c1-5-2-6(8)4-7(9)3-5;/h2-4,8-9H,1H2;/q-1;. The van der Waals surface area contributed by atoms with Crippen molar-refractivity contribution >= 4 is 0 Å². The molecule has 0 aliphatic heterocycles. The van der Waals surface area contributed by atoms with Gasteiger partial charge in [-0.2, -0.15) is 12.5 Å². The molecule has 10 heavy (non-hydrogen) atoms. The topological polar surface area (TPSA) is 40.5 Å². The molecule has 0 saturated carbocycles. The van der Waals surface area contributed by atoms with Crippen molar-refractivity contribution in [1.82, 2.24) is 0 Å². The molecule has 2 nitrogen and oxygen atoms in total. The van der Waals surface area contributed by atoms with Gasteiger partial charge in [0.1, 0.15) is 0 Å². The molecule has 0 saturated heterocycles. The minimum absolute atomic E-state index is 0. The van der Waals surface area contributed by atoms with Crippen molar-refractivity contribution < 1.29 is 42.9 Å². The summed E-state index contributed by atoms with van der Waals surface area (Å²) in [5, 5.41) is 17.6. The Bertz CT molecular complexity index is 172. The van der Waals surface area contributed by atoms with Gasteiger partial charge in [-0.15, -0.1) is 12.1 Å². The van der Waals surface area contributed by atoms with Crippen LogP contribution < -0.4 is 0 Å². The molecule has 0 aromatic heterocycles. The molecule has 1 radical (unpaired) electrons. The number of hydrogen-bond acceptors (Lipinski definition) is 2. The van der Waals surface area contributed by atoms with E-state index in [-0.39, 0.29) is 44.2 Å². The summed E-state index contributed by atoms with van der Waals surface area (Å²) in [7, 11) is 0. The maximum Gasteiger partial charge on any atom is 0.0641 e. The normalized spacial score (nSPS) is 8.40. The van der Waals surface area contributed by atoms with E-state index in [0.29, 0.717) is 5.56 Å². The van der Waals surface area contributed by atoms with E-state index in [4.69, 9.17) is 10.2 Å². The van der Waals surface area contributed by atoms with Crippen molar-refractivity contribution in [2.75, 3.05) is 0 Å². The van der Waals surface area contributed by atoms with Crippen molar-refractivity contribution in [1.29, 1.82) is 0 Å². The molecule has 0 heterocycles. The van der Waals surface area contributed by atoms with E-state index >= 15 is 0 Å². The van der Waals surface area contributed by atoms with E-state index in [2.05, 4.69) is 6.92 Å². The van der Waals surface area contributed by atoms with E-state index in [1.807, 2.05) is 0 Å². The van der Waals surface area contributed by atoms with Gasteiger partial charge in [-0.05, 0) is 6.07 Å². The Labute approximate surface area is 84.8 Å². The minimum Gasteiger partial charge on any atom is -0.521 e. The van der Waals surface area contributed by atoms with Gasteiger partial charge >= 0.3 is 0 Å². The average Bonchev–Trinajstić information content (AvgIpc) is 1.59. The number of aromatic hydroxyl groups is 2. The Morgan fingerprint density at radius 3 is 1.70 bits per heavy atom. The number of rotatable bonds is 0. The number of phenolic OH excluding ortho intramolecular Hbond substituents is 2. The van der Waals surface area contributed by atoms with Crippen LogP contribution >= 0.6 is 0 Å². The van der Waals surface area contributed by atoms with Crippen molar-refractivity contribution in [3.05, 3.63) is 30.7 Å². The van der Waals surface area contributed by atoms with Crippen LogP contribution in [0.4, 0.5) is 0 Å². The summed E-state index contributed by atoms with van der Waals surface area (Å²) < 4.78 is 0. The quantitative estimate of drug-likeness (QED) is 0.636. The molecule has 2 N–H and O–H groups in total. The summed E-state index contributed by atoms with van der Waals surface area (Å²) in [6.07, 6.45) is 0. The third-order valence-corrected chi connectivity index (χ3v) is 0.962. The van der Waals surface area contributed by atoms with E-state index in [0.717, 1.165) is 0 Å². The van der Waals surface area contributed by atoms with Gasteiger partial charge in [-0.25, -0.2) is 0 Å². The SMILES string of the molecule is [CH2-]c1cc(O)cc(O)c1.[Y]. The van der Waals surface area contributed by atoms with E-state index in [9.17, 15) is 0 Å². The van der Waals surface area contributed by atoms with Crippen molar-refractivity contribution in [3.63, 3.8) is 0 Å². The molecule has 0 bridgehead atoms. The van der Waals surface area contributed by atoms with Crippen LogP contribution in [-0.4, -0.2) is 10.2 Å². The second-order valence-electron chi connectivity index (χ2n) is 1.86. The first kappa shape index (κ1) is 9.79. The maximum absolute atomic E-state index is 8.79. The summed E-state index contributed by atoms with van der Waals surface area (Å²) in [4.78, 5) is 0. The number of benzene rings is 1. The van der Waals surface area contributed by atoms with Gasteiger partial charge in [0.05, 0.1) is 11.5 Å². The van der Waals surface area contributed by atoms with Crippen LogP contribution in [0.25, 0.3) is 0 Å². The molecule has 0 spiro atoms. The zero-order valence-corrected chi connectivity index (χ0v) is 8.25. The Hall–Kier alpha value is -0.206. The first-order chi connectivity index (χ1) is 4.18. The fraction of sp³-hybridized carbons (Fsp3) is 0. The van der Waals surface area contributed by atoms with E-state index in [1.54, 1.807) is 0 Å². The maximum atomic E-state index is 8.79. The molecule has 0 aliphatic rings. The molecule has 1 rings (SSSR count). The van der Waals surface area contributed by atoms with Gasteiger partial charge in [0, 0.05) is 32.7 Å². The smallest absolute Gasteiger partial charge is 0.0641 e. The predicted octanol–water partition coefficient (Wildman–Crippen LogP) is 1.28. The monoisotopic (exact) mass is 212 g/mol. The number of phenols is 2. The molecule has 1 aromatic rings. The number of hydrogen-bond donors (Lipinski definition) is 2. The van der Waals surface area contributed by atoms with Crippen LogP contribution in [0.15, 0.2) is 18.2 Å². The zero-order valence-electron chi connectivity index (χ0n) is 5.41.